The van der Waals surface area contributed by atoms with Crippen LogP contribution >= 0.6 is 11.6 Å². The third-order valence-electron chi connectivity index (χ3n) is 7.44. The largest absolute Gasteiger partial charge is 0.370 e. The molecule has 1 aromatic heterocycles. The molecule has 2 aliphatic heterocycles. The first kappa shape index (κ1) is 22.8. The molecule has 3 aliphatic rings. The van der Waals surface area contributed by atoms with Gasteiger partial charge in [0.15, 0.2) is 5.82 Å². The number of nitrogens with one attached hydrogen (secondary N) is 1. The van der Waals surface area contributed by atoms with E-state index in [2.05, 4.69) is 19.5 Å². The number of aromatic nitrogens is 1. The average molecular weight is 497 g/mol. The van der Waals surface area contributed by atoms with Crippen LogP contribution in [0.1, 0.15) is 38.5 Å². The Morgan fingerprint density at radius 3 is 2.61 bits per heavy atom. The third kappa shape index (κ3) is 4.19. The summed E-state index contributed by atoms with van der Waals surface area (Å²) >= 11 is 6.38. The molecule has 6 nitrogen and oxygen atoms in total. The Bertz CT molecular complexity index is 1160. The Hall–Kier alpha value is -1.97. The molecule has 33 heavy (non-hydrogen) atoms. The van der Waals surface area contributed by atoms with Gasteiger partial charge in [0.1, 0.15) is 15.7 Å². The van der Waals surface area contributed by atoms with E-state index in [1.54, 1.807) is 6.07 Å². The van der Waals surface area contributed by atoms with Crippen molar-refractivity contribution in [1.29, 1.82) is 0 Å². The van der Waals surface area contributed by atoms with E-state index < -0.39 is 26.7 Å². The predicted octanol–water partition coefficient (Wildman–Crippen LogP) is 4.66. The molecule has 0 bridgehead atoms. The number of halogens is 3. The molecule has 3 heterocycles. The molecule has 2 aromatic rings. The number of hydrogen-bond acceptors (Lipinski definition) is 5. The molecule has 2 saturated heterocycles. The van der Waals surface area contributed by atoms with Gasteiger partial charge in [0.05, 0.1) is 5.69 Å². The van der Waals surface area contributed by atoms with Crippen LogP contribution in [0.4, 0.5) is 20.3 Å². The Morgan fingerprint density at radius 1 is 1.06 bits per heavy atom. The SMILES string of the molecule is O=S(=O)(Nc1cccc(F)n1)c1ccc(N2CC[C@]3(CCC[C@H]3N3CCCC3)C2)c(Cl)c1F. The van der Waals surface area contributed by atoms with Crippen LogP contribution in [-0.4, -0.2) is 50.5 Å². The number of pyridine rings is 1. The van der Waals surface area contributed by atoms with Gasteiger partial charge in [-0.15, -0.1) is 0 Å². The fraction of sp³-hybridized carbons (Fsp3) is 0.522. The molecule has 3 fully saturated rings. The molecule has 178 valence electrons. The van der Waals surface area contributed by atoms with Crippen LogP contribution in [-0.2, 0) is 10.0 Å². The highest BCUT2D eigenvalue weighted by molar-refractivity contribution is 7.92. The van der Waals surface area contributed by atoms with E-state index in [9.17, 15) is 12.8 Å². The number of hydrogen-bond donors (Lipinski definition) is 1. The Kier molecular flexibility index (Phi) is 5.99. The van der Waals surface area contributed by atoms with Gasteiger partial charge in [0.25, 0.3) is 10.0 Å². The number of sulfonamides is 1. The fourth-order valence-corrected chi connectivity index (χ4v) is 7.38. The van der Waals surface area contributed by atoms with Gasteiger partial charge < -0.3 is 4.90 Å². The summed E-state index contributed by atoms with van der Waals surface area (Å²) in [6.45, 7) is 3.87. The van der Waals surface area contributed by atoms with Gasteiger partial charge in [-0.2, -0.15) is 4.39 Å². The van der Waals surface area contributed by atoms with Crippen molar-refractivity contribution in [2.45, 2.75) is 49.5 Å². The van der Waals surface area contributed by atoms with E-state index in [0.29, 0.717) is 11.7 Å². The van der Waals surface area contributed by atoms with Crippen LogP contribution in [0.25, 0.3) is 0 Å². The minimum absolute atomic E-state index is 0.180. The molecule has 2 atom stereocenters. The van der Waals surface area contributed by atoms with Crippen molar-refractivity contribution in [2.24, 2.45) is 5.41 Å². The van der Waals surface area contributed by atoms with Crippen molar-refractivity contribution in [2.75, 3.05) is 35.8 Å². The second kappa shape index (κ2) is 8.67. The van der Waals surface area contributed by atoms with Crippen LogP contribution in [0, 0.1) is 17.2 Å². The maximum Gasteiger partial charge on any atom is 0.266 e. The number of likely N-dealkylation sites (tertiary alicyclic amines) is 1. The van der Waals surface area contributed by atoms with E-state index in [1.807, 2.05) is 0 Å². The second-order valence-electron chi connectivity index (χ2n) is 9.35. The van der Waals surface area contributed by atoms with Gasteiger partial charge in [-0.3, -0.25) is 9.62 Å². The van der Waals surface area contributed by atoms with Gasteiger partial charge in [-0.1, -0.05) is 24.1 Å². The molecule has 1 N–H and O–H groups in total. The molecule has 1 aromatic carbocycles. The van der Waals surface area contributed by atoms with Crippen molar-refractivity contribution in [3.8, 4) is 0 Å². The second-order valence-corrected chi connectivity index (χ2v) is 11.4. The van der Waals surface area contributed by atoms with Crippen molar-refractivity contribution in [3.05, 3.63) is 47.1 Å². The van der Waals surface area contributed by atoms with Gasteiger partial charge in [-0.25, -0.2) is 17.8 Å². The molecule has 5 rings (SSSR count). The van der Waals surface area contributed by atoms with E-state index in [1.165, 1.54) is 43.9 Å². The summed E-state index contributed by atoms with van der Waals surface area (Å²) < 4.78 is 56.1. The summed E-state index contributed by atoms with van der Waals surface area (Å²) in [6.07, 6.45) is 7.09. The first-order chi connectivity index (χ1) is 15.8. The van der Waals surface area contributed by atoms with Gasteiger partial charge in [-0.05, 0) is 69.5 Å². The van der Waals surface area contributed by atoms with Gasteiger partial charge in [0, 0.05) is 24.5 Å². The van der Waals surface area contributed by atoms with Crippen molar-refractivity contribution in [3.63, 3.8) is 0 Å². The predicted molar refractivity (Wildman–Crippen MR) is 124 cm³/mol. The molecule has 0 unspecified atom stereocenters. The highest BCUT2D eigenvalue weighted by Crippen LogP contribution is 2.50. The topological polar surface area (TPSA) is 65.5 Å². The Balaban J connectivity index is 1.38. The summed E-state index contributed by atoms with van der Waals surface area (Å²) in [5.41, 5.74) is 0.695. The molecule has 1 aliphatic carbocycles. The number of rotatable bonds is 5. The zero-order valence-corrected chi connectivity index (χ0v) is 19.8. The highest BCUT2D eigenvalue weighted by Gasteiger charge is 2.50. The highest BCUT2D eigenvalue weighted by atomic mass is 35.5. The average Bonchev–Trinajstić information content (AvgIpc) is 3.52. The third-order valence-corrected chi connectivity index (χ3v) is 9.17. The normalized spacial score (nSPS) is 25.9. The first-order valence-electron chi connectivity index (χ1n) is 11.4. The van der Waals surface area contributed by atoms with Crippen molar-refractivity contribution in [1.82, 2.24) is 9.88 Å². The van der Waals surface area contributed by atoms with Gasteiger partial charge in [0.2, 0.25) is 5.95 Å². The lowest BCUT2D eigenvalue weighted by molar-refractivity contribution is 0.126. The smallest absolute Gasteiger partial charge is 0.266 e. The van der Waals surface area contributed by atoms with E-state index >= 15 is 4.39 Å². The maximum atomic E-state index is 15.2. The van der Waals surface area contributed by atoms with Crippen LogP contribution < -0.4 is 9.62 Å². The number of anilines is 2. The Morgan fingerprint density at radius 2 is 1.85 bits per heavy atom. The quantitative estimate of drug-likeness (QED) is 0.610. The van der Waals surface area contributed by atoms with E-state index in [0.717, 1.165) is 45.1 Å². The molecule has 0 radical (unpaired) electrons. The van der Waals surface area contributed by atoms with Crippen LogP contribution in [0.2, 0.25) is 5.02 Å². The fourth-order valence-electron chi connectivity index (χ4n) is 5.95. The van der Waals surface area contributed by atoms with Crippen molar-refractivity contribution < 1.29 is 17.2 Å². The molecule has 1 spiro atoms. The zero-order valence-electron chi connectivity index (χ0n) is 18.2. The minimum Gasteiger partial charge on any atom is -0.370 e. The monoisotopic (exact) mass is 496 g/mol. The van der Waals surface area contributed by atoms with Crippen LogP contribution in [0.3, 0.4) is 0 Å². The van der Waals surface area contributed by atoms with Crippen molar-refractivity contribution >= 4 is 33.1 Å². The van der Waals surface area contributed by atoms with E-state index in [4.69, 9.17) is 11.6 Å². The standard InChI is InChI=1S/C23H27ClF2N4O2S/c24-21-16(30-14-11-23(15-30)10-4-5-18(23)29-12-1-2-13-29)8-9-17(22(21)26)33(31,32)28-20-7-3-6-19(25)27-20/h3,6-9,18H,1-2,4-5,10-15H2,(H,27,28)/t18-,23-/m1/s1. The molecular weight excluding hydrogens is 470 g/mol. The van der Waals surface area contributed by atoms with Gasteiger partial charge >= 0.3 is 0 Å². The van der Waals surface area contributed by atoms with E-state index in [-0.39, 0.29) is 16.3 Å². The molecule has 0 amide bonds. The minimum atomic E-state index is -4.33. The lowest BCUT2D eigenvalue weighted by Gasteiger charge is -2.38. The Labute approximate surface area is 198 Å². The molecular formula is C23H27ClF2N4O2S. The number of nitrogens with zero attached hydrogens (tertiary/aromatic N) is 3. The number of benzene rings is 1. The van der Waals surface area contributed by atoms with Crippen LogP contribution in [0.5, 0.6) is 0 Å². The summed E-state index contributed by atoms with van der Waals surface area (Å²) in [7, 11) is -4.33. The summed E-state index contributed by atoms with van der Waals surface area (Å²) in [4.78, 5) is 7.60. The lowest BCUT2D eigenvalue weighted by Crippen LogP contribution is -2.44. The molecule has 10 heteroatoms. The lowest BCUT2D eigenvalue weighted by atomic mass is 9.81. The first-order valence-corrected chi connectivity index (χ1v) is 13.3. The summed E-state index contributed by atoms with van der Waals surface area (Å²) in [6, 6.07) is 7.03. The zero-order chi connectivity index (χ0) is 23.2. The molecule has 1 saturated carbocycles. The summed E-state index contributed by atoms with van der Waals surface area (Å²) in [5.74, 6) is -2.09. The van der Waals surface area contributed by atoms with Crippen LogP contribution in [0.15, 0.2) is 35.2 Å². The maximum absolute atomic E-state index is 15.2. The summed E-state index contributed by atoms with van der Waals surface area (Å²) in [5, 5.41) is -0.210.